The van der Waals surface area contributed by atoms with E-state index in [2.05, 4.69) is 6.58 Å². The average molecular weight is 543 g/mol. The standard InChI is InChI=1S/C30H42N2O5S/c1-8-16-31(24-19(5)12-11-13-20(24)6)27(35)25-30-15-14-29(7,38-30)23(28(36)37-10-3)22(30)26(34)32(25)21(17-33)18(4)9-2/h8,11-13,18,21-23,25,33H,1,9-10,14-17H2,2-7H3/t18-,21-,22-,23+,25?,29-,30?/m0/s1. The SMILES string of the molecule is C=CCN(C(=O)C1N([C@@H](CO)[C@@H](C)CC)C(=O)[C@@H]2[C@H](C(=O)OCC)[C@]3(C)CCC12S3)c1c(C)cccc1C. The van der Waals surface area contributed by atoms with Crippen molar-refractivity contribution in [2.24, 2.45) is 17.8 Å². The second kappa shape index (κ2) is 10.7. The molecule has 4 rings (SSSR count). The molecule has 8 heteroatoms. The fourth-order valence-electron chi connectivity index (χ4n) is 7.20. The van der Waals surface area contributed by atoms with Gasteiger partial charge in [0.05, 0.1) is 35.8 Å². The summed E-state index contributed by atoms with van der Waals surface area (Å²) in [5.41, 5.74) is 2.75. The Balaban J connectivity index is 1.90. The van der Waals surface area contributed by atoms with Gasteiger partial charge in [-0.25, -0.2) is 0 Å². The summed E-state index contributed by atoms with van der Waals surface area (Å²) in [5.74, 6) is -2.07. The van der Waals surface area contributed by atoms with Crippen molar-refractivity contribution in [2.75, 3.05) is 24.7 Å². The Labute approximate surface area is 231 Å². The number of aliphatic hydroxyl groups is 1. The lowest BCUT2D eigenvalue weighted by atomic mass is 9.66. The van der Waals surface area contributed by atoms with Crippen LogP contribution in [0.5, 0.6) is 0 Å². The smallest absolute Gasteiger partial charge is 0.311 e. The van der Waals surface area contributed by atoms with Crippen molar-refractivity contribution in [3.05, 3.63) is 42.0 Å². The van der Waals surface area contributed by atoms with Crippen molar-refractivity contribution in [3.8, 4) is 0 Å². The fourth-order valence-corrected chi connectivity index (χ4v) is 9.53. The van der Waals surface area contributed by atoms with Gasteiger partial charge in [-0.1, -0.05) is 44.5 Å². The predicted octanol–water partition coefficient (Wildman–Crippen LogP) is 4.27. The summed E-state index contributed by atoms with van der Waals surface area (Å²) in [6.07, 6.45) is 3.83. The number of hydrogen-bond acceptors (Lipinski definition) is 6. The Kier molecular flexibility index (Phi) is 8.06. The molecule has 2 unspecified atom stereocenters. The molecule has 3 aliphatic heterocycles. The summed E-state index contributed by atoms with van der Waals surface area (Å²) >= 11 is 1.63. The number of para-hydroxylation sites is 1. The highest BCUT2D eigenvalue weighted by Crippen LogP contribution is 2.72. The molecule has 0 aromatic heterocycles. The molecule has 7 nitrogen and oxygen atoms in total. The molecular formula is C30H42N2O5S. The van der Waals surface area contributed by atoms with Gasteiger partial charge in [-0.15, -0.1) is 18.3 Å². The van der Waals surface area contributed by atoms with Crippen LogP contribution in [0, 0.1) is 31.6 Å². The number of rotatable bonds is 10. The van der Waals surface area contributed by atoms with Crippen molar-refractivity contribution < 1.29 is 24.2 Å². The minimum absolute atomic E-state index is 0.0265. The minimum Gasteiger partial charge on any atom is -0.466 e. The number of benzene rings is 1. The van der Waals surface area contributed by atoms with Gasteiger partial charge in [0.2, 0.25) is 5.91 Å². The van der Waals surface area contributed by atoms with E-state index in [1.54, 1.807) is 34.6 Å². The van der Waals surface area contributed by atoms with E-state index in [0.717, 1.165) is 29.7 Å². The average Bonchev–Trinajstić information content (AvgIpc) is 3.44. The van der Waals surface area contributed by atoms with Crippen LogP contribution >= 0.6 is 11.8 Å². The molecule has 1 N–H and O–H groups in total. The number of amides is 2. The fraction of sp³-hybridized carbons (Fsp3) is 0.633. The molecular weight excluding hydrogens is 500 g/mol. The van der Waals surface area contributed by atoms with Crippen LogP contribution in [0.3, 0.4) is 0 Å². The lowest BCUT2D eigenvalue weighted by molar-refractivity contribution is -0.155. The lowest BCUT2D eigenvalue weighted by Crippen LogP contribution is -2.59. The first-order valence-electron chi connectivity index (χ1n) is 13.8. The summed E-state index contributed by atoms with van der Waals surface area (Å²) in [6.45, 7) is 16.0. The molecule has 3 fully saturated rings. The highest BCUT2D eigenvalue weighted by Gasteiger charge is 2.78. The number of carbonyl (C=O) groups excluding carboxylic acids is 3. The van der Waals surface area contributed by atoms with Crippen LogP contribution in [0.15, 0.2) is 30.9 Å². The molecule has 2 amide bonds. The maximum Gasteiger partial charge on any atom is 0.311 e. The number of anilines is 1. The molecule has 1 spiro atoms. The molecule has 7 atom stereocenters. The van der Waals surface area contributed by atoms with E-state index in [9.17, 15) is 19.5 Å². The molecule has 3 heterocycles. The van der Waals surface area contributed by atoms with Gasteiger partial charge < -0.3 is 19.6 Å². The third-order valence-electron chi connectivity index (χ3n) is 9.12. The second-order valence-electron chi connectivity index (χ2n) is 11.3. The van der Waals surface area contributed by atoms with Crippen LogP contribution in [0.25, 0.3) is 0 Å². The Morgan fingerprint density at radius 1 is 1.29 bits per heavy atom. The van der Waals surface area contributed by atoms with E-state index < -0.39 is 33.4 Å². The zero-order valence-electron chi connectivity index (χ0n) is 23.5. The highest BCUT2D eigenvalue weighted by molar-refractivity contribution is 8.02. The number of hydrogen-bond donors (Lipinski definition) is 1. The van der Waals surface area contributed by atoms with Crippen LogP contribution in [0.2, 0.25) is 0 Å². The summed E-state index contributed by atoms with van der Waals surface area (Å²) in [6, 6.07) is 4.59. The van der Waals surface area contributed by atoms with Gasteiger partial charge in [0.15, 0.2) is 0 Å². The van der Waals surface area contributed by atoms with E-state index in [4.69, 9.17) is 4.74 Å². The van der Waals surface area contributed by atoms with Crippen LogP contribution in [0.1, 0.15) is 58.1 Å². The number of thioether (sulfide) groups is 1. The first kappa shape index (κ1) is 28.7. The van der Waals surface area contributed by atoms with E-state index in [1.807, 2.05) is 52.8 Å². The number of ether oxygens (including phenoxy) is 1. The third-order valence-corrected chi connectivity index (χ3v) is 11.1. The monoisotopic (exact) mass is 542 g/mol. The number of aliphatic hydroxyl groups excluding tert-OH is 1. The lowest BCUT2D eigenvalue weighted by Gasteiger charge is -2.41. The largest absolute Gasteiger partial charge is 0.466 e. The normalized spacial score (nSPS) is 31.2. The maximum atomic E-state index is 14.8. The molecule has 0 aliphatic carbocycles. The zero-order chi connectivity index (χ0) is 28.0. The number of fused-ring (bicyclic) bond motifs is 1. The predicted molar refractivity (Wildman–Crippen MR) is 151 cm³/mol. The quantitative estimate of drug-likeness (QED) is 0.351. The van der Waals surface area contributed by atoms with E-state index in [-0.39, 0.29) is 36.9 Å². The van der Waals surface area contributed by atoms with Gasteiger partial charge >= 0.3 is 5.97 Å². The number of esters is 1. The van der Waals surface area contributed by atoms with Gasteiger partial charge in [-0.05, 0) is 57.6 Å². The molecule has 208 valence electrons. The van der Waals surface area contributed by atoms with E-state index in [1.165, 1.54) is 0 Å². The Morgan fingerprint density at radius 3 is 2.50 bits per heavy atom. The number of carbonyl (C=O) groups is 3. The summed E-state index contributed by atoms with van der Waals surface area (Å²) in [5, 5.41) is 10.6. The zero-order valence-corrected chi connectivity index (χ0v) is 24.3. The number of likely N-dealkylation sites (tertiary alicyclic amines) is 1. The maximum absolute atomic E-state index is 14.8. The van der Waals surface area contributed by atoms with Gasteiger partial charge in [0.1, 0.15) is 6.04 Å². The van der Waals surface area contributed by atoms with Crippen molar-refractivity contribution in [1.82, 2.24) is 4.90 Å². The van der Waals surface area contributed by atoms with Crippen molar-refractivity contribution in [1.29, 1.82) is 0 Å². The van der Waals surface area contributed by atoms with Crippen molar-refractivity contribution in [2.45, 2.75) is 82.4 Å². The minimum atomic E-state index is -0.809. The van der Waals surface area contributed by atoms with Gasteiger partial charge in [0.25, 0.3) is 5.91 Å². The van der Waals surface area contributed by atoms with Crippen molar-refractivity contribution >= 4 is 35.2 Å². The number of aryl methyl sites for hydroxylation is 2. The Bertz CT molecular complexity index is 1100. The summed E-state index contributed by atoms with van der Waals surface area (Å²) < 4.78 is 4.24. The van der Waals surface area contributed by atoms with Gasteiger partial charge in [-0.2, -0.15) is 0 Å². The van der Waals surface area contributed by atoms with Gasteiger partial charge in [0, 0.05) is 17.0 Å². The summed E-state index contributed by atoms with van der Waals surface area (Å²) in [4.78, 5) is 46.0. The van der Waals surface area contributed by atoms with Crippen LogP contribution < -0.4 is 4.90 Å². The number of nitrogens with zero attached hydrogens (tertiary/aromatic N) is 2. The second-order valence-corrected chi connectivity index (χ2v) is 13.2. The molecule has 3 saturated heterocycles. The molecule has 3 aliphatic rings. The highest BCUT2D eigenvalue weighted by atomic mass is 32.2. The molecule has 38 heavy (non-hydrogen) atoms. The Morgan fingerprint density at radius 2 is 1.95 bits per heavy atom. The molecule has 0 saturated carbocycles. The first-order chi connectivity index (χ1) is 18.0. The molecule has 0 radical (unpaired) electrons. The Hall–Kier alpha value is -2.32. The molecule has 2 bridgehead atoms. The summed E-state index contributed by atoms with van der Waals surface area (Å²) in [7, 11) is 0. The van der Waals surface area contributed by atoms with Crippen LogP contribution in [-0.2, 0) is 19.1 Å². The van der Waals surface area contributed by atoms with Crippen molar-refractivity contribution in [3.63, 3.8) is 0 Å². The molecule has 1 aromatic carbocycles. The van der Waals surface area contributed by atoms with E-state index in [0.29, 0.717) is 13.0 Å². The first-order valence-corrected chi connectivity index (χ1v) is 14.6. The van der Waals surface area contributed by atoms with Gasteiger partial charge in [-0.3, -0.25) is 14.4 Å². The topological polar surface area (TPSA) is 87.2 Å². The third kappa shape index (κ3) is 4.19. The van der Waals surface area contributed by atoms with Crippen LogP contribution in [0.4, 0.5) is 5.69 Å². The van der Waals surface area contributed by atoms with Crippen LogP contribution in [-0.4, -0.2) is 69.1 Å². The molecule has 1 aromatic rings. The van der Waals surface area contributed by atoms with E-state index >= 15 is 0 Å².